The molecule has 258 valence electrons. The Hall–Kier alpha value is -6.14. The summed E-state index contributed by atoms with van der Waals surface area (Å²) in [7, 11) is 3.39. The van der Waals surface area contributed by atoms with E-state index in [4.69, 9.17) is 14.3 Å². The predicted molar refractivity (Wildman–Crippen MR) is 206 cm³/mol. The van der Waals surface area contributed by atoms with Gasteiger partial charge in [0, 0.05) is 28.1 Å². The molecule has 6 rings (SSSR count). The van der Waals surface area contributed by atoms with Crippen molar-refractivity contribution in [1.82, 2.24) is 0 Å². The Morgan fingerprint density at radius 1 is 0.608 bits per heavy atom. The van der Waals surface area contributed by atoms with E-state index in [0.717, 1.165) is 39.3 Å². The Kier molecular flexibility index (Phi) is 12.0. The van der Waals surface area contributed by atoms with E-state index in [1.165, 1.54) is 11.1 Å². The fourth-order valence-electron chi connectivity index (χ4n) is 6.56. The van der Waals surface area contributed by atoms with Gasteiger partial charge in [-0.25, -0.2) is 0 Å². The second kappa shape index (κ2) is 17.0. The van der Waals surface area contributed by atoms with Crippen LogP contribution in [0.2, 0.25) is 0 Å². The minimum absolute atomic E-state index is 0.0197. The number of nitrogens with one attached hydrogen (secondary N) is 1. The molecule has 1 atom stereocenters. The van der Waals surface area contributed by atoms with Crippen molar-refractivity contribution in [2.24, 2.45) is 5.73 Å². The summed E-state index contributed by atoms with van der Waals surface area (Å²) >= 11 is 0. The number of amides is 2. The molecule has 6 aromatic carbocycles. The van der Waals surface area contributed by atoms with Crippen molar-refractivity contribution < 1.29 is 19.1 Å². The van der Waals surface area contributed by atoms with Crippen LogP contribution in [0.1, 0.15) is 64.6 Å². The molecule has 0 fully saturated rings. The molecule has 0 saturated heterocycles. The highest BCUT2D eigenvalue weighted by Gasteiger charge is 2.31. The summed E-state index contributed by atoms with van der Waals surface area (Å²) in [6, 6.07) is 53.3. The quantitative estimate of drug-likeness (QED) is 0.106. The zero-order valence-electron chi connectivity index (χ0n) is 29.5. The molecule has 6 aromatic rings. The van der Waals surface area contributed by atoms with Crippen LogP contribution in [0.15, 0.2) is 158 Å². The number of nitrogens with two attached hydrogens (primary N) is 1. The van der Waals surface area contributed by atoms with Gasteiger partial charge in [0.2, 0.25) is 12.3 Å². The molecule has 0 radical (unpaired) electrons. The van der Waals surface area contributed by atoms with Gasteiger partial charge in [-0.05, 0) is 52.1 Å². The summed E-state index contributed by atoms with van der Waals surface area (Å²) in [6.07, 6.45) is 0.250. The van der Waals surface area contributed by atoms with E-state index >= 15 is 0 Å². The van der Waals surface area contributed by atoms with E-state index in [2.05, 4.69) is 104 Å². The van der Waals surface area contributed by atoms with Crippen LogP contribution in [-0.2, 0) is 15.0 Å². The maximum absolute atomic E-state index is 14.1. The van der Waals surface area contributed by atoms with Gasteiger partial charge < -0.3 is 20.5 Å². The molecule has 0 aliphatic rings. The highest BCUT2D eigenvalue weighted by atomic mass is 16.5. The van der Waals surface area contributed by atoms with Crippen molar-refractivity contribution in [3.63, 3.8) is 0 Å². The number of methoxy groups -OCH3 is 2. The van der Waals surface area contributed by atoms with E-state index in [9.17, 15) is 4.79 Å². The number of hydrogen-bond donors (Lipinski definition) is 2. The van der Waals surface area contributed by atoms with Crippen LogP contribution in [-0.4, -0.2) is 26.5 Å². The molecule has 51 heavy (non-hydrogen) atoms. The molecule has 0 aliphatic carbocycles. The van der Waals surface area contributed by atoms with Crippen LogP contribution in [0, 0.1) is 0 Å². The number of benzene rings is 6. The monoisotopic (exact) mass is 676 g/mol. The lowest BCUT2D eigenvalue weighted by atomic mass is 9.74. The first-order chi connectivity index (χ1) is 24.8. The average molecular weight is 677 g/mol. The summed E-state index contributed by atoms with van der Waals surface area (Å²) in [6.45, 7) is 4.46. The molecule has 6 nitrogen and oxygen atoms in total. The fraction of sp³-hybridized carbons (Fsp3) is 0.156. The molecule has 2 amide bonds. The topological polar surface area (TPSA) is 90.7 Å². The SMILES string of the molecule is COc1ccc(C(C)(C)c2ccc(OC)c(C(c3ccccc3)c3ccccc3)c2)cc1C(C(=O)Nc1ccccc1)c1ccccc1.NC=O. The number of para-hydroxylation sites is 1. The molecule has 0 aromatic heterocycles. The lowest BCUT2D eigenvalue weighted by molar-refractivity contribution is -0.116. The Balaban J connectivity index is 0.00000162. The molecule has 6 heteroatoms. The van der Waals surface area contributed by atoms with Crippen LogP contribution in [0.4, 0.5) is 5.69 Å². The van der Waals surface area contributed by atoms with Crippen LogP contribution in [0.25, 0.3) is 0 Å². The van der Waals surface area contributed by atoms with Crippen LogP contribution < -0.4 is 20.5 Å². The smallest absolute Gasteiger partial charge is 0.236 e. The van der Waals surface area contributed by atoms with Crippen molar-refractivity contribution in [1.29, 1.82) is 0 Å². The van der Waals surface area contributed by atoms with E-state index in [-0.39, 0.29) is 18.2 Å². The molecule has 0 saturated carbocycles. The molecule has 0 bridgehead atoms. The number of rotatable bonds is 11. The molecule has 0 heterocycles. The minimum atomic E-state index is -0.593. The van der Waals surface area contributed by atoms with E-state index in [0.29, 0.717) is 5.75 Å². The van der Waals surface area contributed by atoms with Crippen molar-refractivity contribution in [3.8, 4) is 11.5 Å². The lowest BCUT2D eigenvalue weighted by Crippen LogP contribution is -2.24. The Morgan fingerprint density at radius 3 is 1.45 bits per heavy atom. The predicted octanol–water partition coefficient (Wildman–Crippen LogP) is 9.08. The van der Waals surface area contributed by atoms with Crippen LogP contribution >= 0.6 is 0 Å². The van der Waals surface area contributed by atoms with Gasteiger partial charge in [-0.3, -0.25) is 9.59 Å². The van der Waals surface area contributed by atoms with E-state index in [1.807, 2.05) is 78.9 Å². The van der Waals surface area contributed by atoms with Gasteiger partial charge in [0.25, 0.3) is 0 Å². The zero-order chi connectivity index (χ0) is 36.2. The summed E-state index contributed by atoms with van der Waals surface area (Å²) in [5, 5.41) is 3.14. The van der Waals surface area contributed by atoms with Crippen LogP contribution in [0.3, 0.4) is 0 Å². The van der Waals surface area contributed by atoms with Gasteiger partial charge in [-0.1, -0.05) is 147 Å². The third kappa shape index (κ3) is 8.36. The third-order valence-electron chi connectivity index (χ3n) is 9.23. The molecule has 0 aliphatic heterocycles. The number of carbonyl (C=O) groups is 2. The maximum Gasteiger partial charge on any atom is 0.236 e. The van der Waals surface area contributed by atoms with Crippen molar-refractivity contribution >= 4 is 18.0 Å². The fourth-order valence-corrected chi connectivity index (χ4v) is 6.56. The second-order valence-corrected chi connectivity index (χ2v) is 12.6. The molecule has 3 N–H and O–H groups in total. The largest absolute Gasteiger partial charge is 0.496 e. The molecular weight excluding hydrogens is 633 g/mol. The Bertz CT molecular complexity index is 1980. The molecular formula is C45H44N2O4. The zero-order valence-corrected chi connectivity index (χ0v) is 29.5. The first-order valence-electron chi connectivity index (χ1n) is 16.8. The Labute approximate surface area is 300 Å². The summed E-state index contributed by atoms with van der Waals surface area (Å²) in [4.78, 5) is 22.7. The molecule has 1 unspecified atom stereocenters. The lowest BCUT2D eigenvalue weighted by Gasteiger charge is -2.30. The highest BCUT2D eigenvalue weighted by molar-refractivity contribution is 5.98. The number of anilines is 1. The van der Waals surface area contributed by atoms with Gasteiger partial charge in [0.05, 0.1) is 20.1 Å². The number of primary amides is 1. The first kappa shape index (κ1) is 36.1. The summed E-state index contributed by atoms with van der Waals surface area (Å²) in [5.74, 6) is 0.762. The van der Waals surface area contributed by atoms with Crippen molar-refractivity contribution in [2.45, 2.75) is 31.1 Å². The van der Waals surface area contributed by atoms with E-state index < -0.39 is 11.3 Å². The van der Waals surface area contributed by atoms with Crippen molar-refractivity contribution in [2.75, 3.05) is 19.5 Å². The van der Waals surface area contributed by atoms with E-state index in [1.54, 1.807) is 14.2 Å². The number of carbonyl (C=O) groups excluding carboxylic acids is 2. The van der Waals surface area contributed by atoms with Gasteiger partial charge in [-0.2, -0.15) is 0 Å². The van der Waals surface area contributed by atoms with Gasteiger partial charge >= 0.3 is 0 Å². The number of ether oxygens (including phenoxy) is 2. The minimum Gasteiger partial charge on any atom is -0.496 e. The average Bonchev–Trinajstić information content (AvgIpc) is 3.17. The van der Waals surface area contributed by atoms with Crippen molar-refractivity contribution in [3.05, 3.63) is 197 Å². The normalized spacial score (nSPS) is 11.5. The second-order valence-electron chi connectivity index (χ2n) is 12.6. The molecule has 0 spiro atoms. The Morgan fingerprint density at radius 2 is 1.00 bits per heavy atom. The van der Waals surface area contributed by atoms with Crippen LogP contribution in [0.5, 0.6) is 11.5 Å². The van der Waals surface area contributed by atoms with Gasteiger partial charge in [-0.15, -0.1) is 0 Å². The highest BCUT2D eigenvalue weighted by Crippen LogP contribution is 2.43. The third-order valence-corrected chi connectivity index (χ3v) is 9.23. The maximum atomic E-state index is 14.1. The number of hydrogen-bond acceptors (Lipinski definition) is 4. The first-order valence-corrected chi connectivity index (χ1v) is 16.8. The van der Waals surface area contributed by atoms with Gasteiger partial charge in [0.15, 0.2) is 0 Å². The van der Waals surface area contributed by atoms with Gasteiger partial charge in [0.1, 0.15) is 11.5 Å². The standard InChI is InChI=1S/C44H41NO3.CH3NO/c1-44(2,34-25-27-39(47-3)37(29-34)41(31-17-9-5-10-18-31)32-19-11-6-12-20-32)35-26-28-40(48-4)38(30-35)42(33-21-13-7-14-22-33)43(46)45-36-23-15-8-16-24-36;2-1-3/h5-30,41-42H,1-4H3,(H,45,46);1H,(H2,2,3). The summed E-state index contributed by atoms with van der Waals surface area (Å²) < 4.78 is 11.9. The summed E-state index contributed by atoms with van der Waals surface area (Å²) in [5.41, 5.74) is 11.9.